The minimum atomic E-state index is -0.417. The topological polar surface area (TPSA) is 81.4 Å². The van der Waals surface area contributed by atoms with E-state index in [9.17, 15) is 9.59 Å². The molecule has 0 aliphatic heterocycles. The van der Waals surface area contributed by atoms with Gasteiger partial charge in [0.1, 0.15) is 11.5 Å². The second kappa shape index (κ2) is 8.17. The van der Waals surface area contributed by atoms with Crippen molar-refractivity contribution in [3.05, 3.63) is 47.2 Å². The maximum Gasteiger partial charge on any atom is 0.308 e. The van der Waals surface area contributed by atoms with Gasteiger partial charge in [-0.1, -0.05) is 26.8 Å². The SMILES string of the molecule is CC(=O)Oc1cccc(C(=O)NCCCc2oc(C(C)(C)C)nc2C)c1. The second-order valence-electron chi connectivity index (χ2n) is 7.26. The molecule has 0 saturated carbocycles. The van der Waals surface area contributed by atoms with Gasteiger partial charge in [-0.25, -0.2) is 4.98 Å². The Morgan fingerprint density at radius 3 is 2.62 bits per heavy atom. The van der Waals surface area contributed by atoms with E-state index < -0.39 is 5.97 Å². The monoisotopic (exact) mass is 358 g/mol. The minimum Gasteiger partial charge on any atom is -0.445 e. The van der Waals surface area contributed by atoms with Gasteiger partial charge in [0.15, 0.2) is 5.89 Å². The molecule has 0 spiro atoms. The molecule has 0 bridgehead atoms. The van der Waals surface area contributed by atoms with Crippen LogP contribution in [-0.2, 0) is 16.6 Å². The number of ether oxygens (including phenoxy) is 1. The molecule has 0 aliphatic carbocycles. The number of aryl methyl sites for hydroxylation is 2. The number of carbonyl (C=O) groups excluding carboxylic acids is 2. The van der Waals surface area contributed by atoms with E-state index >= 15 is 0 Å². The number of hydrogen-bond acceptors (Lipinski definition) is 5. The van der Waals surface area contributed by atoms with Crippen LogP contribution < -0.4 is 10.1 Å². The van der Waals surface area contributed by atoms with E-state index in [1.807, 2.05) is 6.92 Å². The Morgan fingerprint density at radius 2 is 2.00 bits per heavy atom. The molecule has 1 aromatic heterocycles. The van der Waals surface area contributed by atoms with Crippen LogP contribution in [-0.4, -0.2) is 23.4 Å². The lowest BCUT2D eigenvalue weighted by atomic mass is 9.97. The molecule has 0 fully saturated rings. The van der Waals surface area contributed by atoms with Crippen LogP contribution in [0.25, 0.3) is 0 Å². The molecule has 140 valence electrons. The van der Waals surface area contributed by atoms with E-state index in [1.165, 1.54) is 6.92 Å². The Kier molecular flexibility index (Phi) is 6.18. The first-order valence-electron chi connectivity index (χ1n) is 8.70. The lowest BCUT2D eigenvalue weighted by molar-refractivity contribution is -0.131. The summed E-state index contributed by atoms with van der Waals surface area (Å²) in [7, 11) is 0. The molecule has 1 heterocycles. The van der Waals surface area contributed by atoms with Crippen LogP contribution in [0, 0.1) is 6.92 Å². The highest BCUT2D eigenvalue weighted by Gasteiger charge is 2.22. The summed E-state index contributed by atoms with van der Waals surface area (Å²) in [6.45, 7) is 9.96. The number of oxazole rings is 1. The van der Waals surface area contributed by atoms with Crippen LogP contribution in [0.4, 0.5) is 0 Å². The number of benzene rings is 1. The third kappa shape index (κ3) is 5.44. The predicted molar refractivity (Wildman–Crippen MR) is 98.3 cm³/mol. The van der Waals surface area contributed by atoms with E-state index in [2.05, 4.69) is 31.1 Å². The normalized spacial score (nSPS) is 11.3. The Bertz CT molecular complexity index is 787. The molecule has 26 heavy (non-hydrogen) atoms. The maximum atomic E-state index is 12.2. The fraction of sp³-hybridized carbons (Fsp3) is 0.450. The van der Waals surface area contributed by atoms with E-state index in [4.69, 9.17) is 9.15 Å². The zero-order chi connectivity index (χ0) is 19.3. The number of hydrogen-bond donors (Lipinski definition) is 1. The standard InChI is InChI=1S/C20H26N2O4/c1-13-17(26-19(22-13)20(3,4)5)10-7-11-21-18(24)15-8-6-9-16(12-15)25-14(2)23/h6,8-9,12H,7,10-11H2,1-5H3,(H,21,24). The minimum absolute atomic E-state index is 0.121. The molecule has 0 aliphatic rings. The van der Waals surface area contributed by atoms with Gasteiger partial charge in [0.25, 0.3) is 5.91 Å². The average Bonchev–Trinajstić information content (AvgIpc) is 2.92. The summed E-state index contributed by atoms with van der Waals surface area (Å²) in [6.07, 6.45) is 1.46. The summed E-state index contributed by atoms with van der Waals surface area (Å²) in [6, 6.07) is 6.54. The van der Waals surface area contributed by atoms with Crippen molar-refractivity contribution in [2.75, 3.05) is 6.54 Å². The number of aromatic nitrogens is 1. The van der Waals surface area contributed by atoms with E-state index in [-0.39, 0.29) is 11.3 Å². The molecule has 6 heteroatoms. The van der Waals surface area contributed by atoms with Crippen molar-refractivity contribution >= 4 is 11.9 Å². The zero-order valence-electron chi connectivity index (χ0n) is 16.0. The van der Waals surface area contributed by atoms with Crippen molar-refractivity contribution < 1.29 is 18.7 Å². The predicted octanol–water partition coefficient (Wildman–Crippen LogP) is 3.57. The molecule has 6 nitrogen and oxygen atoms in total. The van der Waals surface area contributed by atoms with Gasteiger partial charge < -0.3 is 14.5 Å². The molecule has 1 aromatic carbocycles. The summed E-state index contributed by atoms with van der Waals surface area (Å²) in [4.78, 5) is 27.7. The zero-order valence-corrected chi connectivity index (χ0v) is 16.0. The molecule has 1 N–H and O–H groups in total. The maximum absolute atomic E-state index is 12.2. The van der Waals surface area contributed by atoms with Crippen molar-refractivity contribution in [3.8, 4) is 5.75 Å². The Balaban J connectivity index is 1.86. The van der Waals surface area contributed by atoms with E-state index in [1.54, 1.807) is 24.3 Å². The van der Waals surface area contributed by atoms with Crippen molar-refractivity contribution in [3.63, 3.8) is 0 Å². The third-order valence-electron chi connectivity index (χ3n) is 3.76. The summed E-state index contributed by atoms with van der Waals surface area (Å²) >= 11 is 0. The smallest absolute Gasteiger partial charge is 0.308 e. The molecular formula is C20H26N2O4. The van der Waals surface area contributed by atoms with Gasteiger partial charge in [-0.15, -0.1) is 0 Å². The number of amides is 1. The summed E-state index contributed by atoms with van der Waals surface area (Å²) in [5, 5.41) is 2.86. The second-order valence-corrected chi connectivity index (χ2v) is 7.26. The van der Waals surface area contributed by atoms with Crippen molar-refractivity contribution in [1.82, 2.24) is 10.3 Å². The van der Waals surface area contributed by atoms with Crippen LogP contribution >= 0.6 is 0 Å². The van der Waals surface area contributed by atoms with Crippen LogP contribution in [0.1, 0.15) is 61.8 Å². The Labute approximate surface area is 154 Å². The first-order chi connectivity index (χ1) is 12.2. The number of nitrogens with zero attached hydrogens (tertiary/aromatic N) is 1. The van der Waals surface area contributed by atoms with Crippen LogP contribution in [0.15, 0.2) is 28.7 Å². The van der Waals surface area contributed by atoms with Crippen LogP contribution in [0.5, 0.6) is 5.75 Å². The fourth-order valence-corrected chi connectivity index (χ4v) is 2.40. The largest absolute Gasteiger partial charge is 0.445 e. The summed E-state index contributed by atoms with van der Waals surface area (Å²) in [5.41, 5.74) is 1.23. The molecule has 0 unspecified atom stereocenters. The highest BCUT2D eigenvalue weighted by Crippen LogP contribution is 2.24. The van der Waals surface area contributed by atoms with E-state index in [0.29, 0.717) is 24.3 Å². The molecule has 1 amide bonds. The lowest BCUT2D eigenvalue weighted by Crippen LogP contribution is -2.24. The van der Waals surface area contributed by atoms with Crippen LogP contribution in [0.3, 0.4) is 0 Å². The lowest BCUT2D eigenvalue weighted by Gasteiger charge is -2.12. The Hall–Kier alpha value is -2.63. The number of carbonyl (C=O) groups is 2. The molecule has 2 rings (SSSR count). The van der Waals surface area contributed by atoms with Gasteiger partial charge in [0, 0.05) is 30.9 Å². The van der Waals surface area contributed by atoms with Gasteiger partial charge >= 0.3 is 5.97 Å². The van der Waals surface area contributed by atoms with Gasteiger partial charge in [-0.3, -0.25) is 9.59 Å². The van der Waals surface area contributed by atoms with Gasteiger partial charge in [-0.05, 0) is 31.5 Å². The highest BCUT2D eigenvalue weighted by atomic mass is 16.5. The third-order valence-corrected chi connectivity index (χ3v) is 3.76. The highest BCUT2D eigenvalue weighted by molar-refractivity contribution is 5.94. The first kappa shape index (κ1) is 19.7. The van der Waals surface area contributed by atoms with Crippen molar-refractivity contribution in [1.29, 1.82) is 0 Å². The van der Waals surface area contributed by atoms with Gasteiger partial charge in [0.05, 0.1) is 5.69 Å². The number of esters is 1. The molecule has 0 atom stereocenters. The average molecular weight is 358 g/mol. The van der Waals surface area contributed by atoms with Crippen molar-refractivity contribution in [2.45, 2.75) is 52.9 Å². The summed E-state index contributed by atoms with van der Waals surface area (Å²) in [5.74, 6) is 1.33. The van der Waals surface area contributed by atoms with E-state index in [0.717, 1.165) is 23.8 Å². The first-order valence-corrected chi connectivity index (χ1v) is 8.70. The van der Waals surface area contributed by atoms with Crippen LogP contribution in [0.2, 0.25) is 0 Å². The molecule has 0 radical (unpaired) electrons. The Morgan fingerprint density at radius 1 is 1.27 bits per heavy atom. The van der Waals surface area contributed by atoms with Crippen molar-refractivity contribution in [2.24, 2.45) is 0 Å². The molecule has 2 aromatic rings. The fourth-order valence-electron chi connectivity index (χ4n) is 2.40. The molecular weight excluding hydrogens is 332 g/mol. The number of nitrogens with one attached hydrogen (secondary N) is 1. The molecule has 0 saturated heterocycles. The van der Waals surface area contributed by atoms with Gasteiger partial charge in [0.2, 0.25) is 0 Å². The quantitative estimate of drug-likeness (QED) is 0.485. The van der Waals surface area contributed by atoms with Gasteiger partial charge in [-0.2, -0.15) is 0 Å². The number of rotatable bonds is 6. The summed E-state index contributed by atoms with van der Waals surface area (Å²) < 4.78 is 10.8.